The minimum absolute atomic E-state index is 0.609. The summed E-state index contributed by atoms with van der Waals surface area (Å²) in [4.78, 5) is 10.6. The van der Waals surface area contributed by atoms with Gasteiger partial charge < -0.3 is 16.0 Å². The molecule has 2 rings (SSSR count). The first kappa shape index (κ1) is 10.2. The van der Waals surface area contributed by atoms with E-state index in [0.29, 0.717) is 5.92 Å². The summed E-state index contributed by atoms with van der Waals surface area (Å²) in [6.45, 7) is 2.82. The van der Waals surface area contributed by atoms with Crippen molar-refractivity contribution in [1.29, 1.82) is 0 Å². The van der Waals surface area contributed by atoms with E-state index < -0.39 is 0 Å². The van der Waals surface area contributed by atoms with Gasteiger partial charge in [-0.3, -0.25) is 0 Å². The van der Waals surface area contributed by atoms with Crippen molar-refractivity contribution in [1.82, 2.24) is 9.97 Å². The number of aromatic nitrogens is 2. The summed E-state index contributed by atoms with van der Waals surface area (Å²) in [6.07, 6.45) is 2.76. The van der Waals surface area contributed by atoms with Gasteiger partial charge in [-0.05, 0) is 18.9 Å². The second-order valence-corrected chi connectivity index (χ2v) is 3.85. The Bertz CT molecular complexity index is 327. The normalized spacial score (nSPS) is 20.7. The van der Waals surface area contributed by atoms with Crippen LogP contribution in [-0.4, -0.2) is 36.6 Å². The third-order valence-corrected chi connectivity index (χ3v) is 2.85. The molecular formula is C10H17N5. The van der Waals surface area contributed by atoms with E-state index in [1.807, 2.05) is 13.1 Å². The van der Waals surface area contributed by atoms with Gasteiger partial charge in [-0.1, -0.05) is 0 Å². The number of hydrogen-bond donors (Lipinski definition) is 2. The number of nitrogens with one attached hydrogen (secondary N) is 1. The van der Waals surface area contributed by atoms with Gasteiger partial charge in [0.1, 0.15) is 18.0 Å². The Morgan fingerprint density at radius 1 is 1.60 bits per heavy atom. The molecule has 1 aliphatic rings. The summed E-state index contributed by atoms with van der Waals surface area (Å²) >= 11 is 0. The summed E-state index contributed by atoms with van der Waals surface area (Å²) in [5, 5.41) is 3.01. The zero-order valence-corrected chi connectivity index (χ0v) is 8.98. The van der Waals surface area contributed by atoms with Crippen LogP contribution in [0.1, 0.15) is 6.42 Å². The van der Waals surface area contributed by atoms with Crippen LogP contribution in [0, 0.1) is 5.92 Å². The second-order valence-electron chi connectivity index (χ2n) is 3.85. The molecule has 2 heterocycles. The molecule has 0 saturated carbocycles. The van der Waals surface area contributed by atoms with Crippen molar-refractivity contribution in [2.24, 2.45) is 11.7 Å². The summed E-state index contributed by atoms with van der Waals surface area (Å²) in [5.41, 5.74) is 5.66. The number of hydrogen-bond acceptors (Lipinski definition) is 5. The Kier molecular flexibility index (Phi) is 3.01. The molecule has 5 heteroatoms. The third kappa shape index (κ3) is 2.18. The summed E-state index contributed by atoms with van der Waals surface area (Å²) in [7, 11) is 1.86. The lowest BCUT2D eigenvalue weighted by Crippen LogP contribution is -2.23. The zero-order chi connectivity index (χ0) is 10.7. The van der Waals surface area contributed by atoms with Gasteiger partial charge in [0.2, 0.25) is 0 Å². The Labute approximate surface area is 89.7 Å². The zero-order valence-electron chi connectivity index (χ0n) is 8.98. The Morgan fingerprint density at radius 3 is 3.13 bits per heavy atom. The van der Waals surface area contributed by atoms with Crippen LogP contribution in [0.25, 0.3) is 0 Å². The fourth-order valence-electron chi connectivity index (χ4n) is 1.89. The Balaban J connectivity index is 2.09. The maximum Gasteiger partial charge on any atom is 0.134 e. The lowest BCUT2D eigenvalue weighted by Gasteiger charge is -2.17. The molecule has 0 radical (unpaired) electrons. The SMILES string of the molecule is CNc1cc(N2CCC(CN)C2)ncn1. The number of nitrogens with two attached hydrogens (primary N) is 1. The van der Waals surface area contributed by atoms with E-state index in [0.717, 1.165) is 37.7 Å². The first-order valence-electron chi connectivity index (χ1n) is 5.28. The largest absolute Gasteiger partial charge is 0.373 e. The van der Waals surface area contributed by atoms with Crippen molar-refractivity contribution in [2.75, 3.05) is 36.9 Å². The van der Waals surface area contributed by atoms with Gasteiger partial charge in [0, 0.05) is 26.2 Å². The second kappa shape index (κ2) is 4.44. The fraction of sp³-hybridized carbons (Fsp3) is 0.600. The molecule has 0 aliphatic carbocycles. The van der Waals surface area contributed by atoms with Gasteiger partial charge in [0.05, 0.1) is 0 Å². The molecule has 82 valence electrons. The van der Waals surface area contributed by atoms with E-state index in [2.05, 4.69) is 20.2 Å². The van der Waals surface area contributed by atoms with Gasteiger partial charge >= 0.3 is 0 Å². The first-order chi connectivity index (χ1) is 7.33. The van der Waals surface area contributed by atoms with Gasteiger partial charge in [0.25, 0.3) is 0 Å². The molecule has 1 fully saturated rings. The van der Waals surface area contributed by atoms with Crippen molar-refractivity contribution in [2.45, 2.75) is 6.42 Å². The van der Waals surface area contributed by atoms with Crippen LogP contribution in [0.3, 0.4) is 0 Å². The Hall–Kier alpha value is -1.36. The molecule has 1 aromatic heterocycles. The predicted molar refractivity (Wildman–Crippen MR) is 61.0 cm³/mol. The maximum absolute atomic E-state index is 5.66. The van der Waals surface area contributed by atoms with Gasteiger partial charge in [-0.2, -0.15) is 0 Å². The van der Waals surface area contributed by atoms with Crippen LogP contribution in [0.5, 0.6) is 0 Å². The van der Waals surface area contributed by atoms with Crippen molar-refractivity contribution < 1.29 is 0 Å². The van der Waals surface area contributed by atoms with E-state index in [-0.39, 0.29) is 0 Å². The van der Waals surface area contributed by atoms with Crippen LogP contribution in [0.2, 0.25) is 0 Å². The number of rotatable bonds is 3. The van der Waals surface area contributed by atoms with Crippen molar-refractivity contribution in [3.05, 3.63) is 12.4 Å². The van der Waals surface area contributed by atoms with E-state index in [1.54, 1.807) is 6.33 Å². The summed E-state index contributed by atoms with van der Waals surface area (Å²) in [5.74, 6) is 2.46. The van der Waals surface area contributed by atoms with E-state index in [4.69, 9.17) is 5.73 Å². The van der Waals surface area contributed by atoms with E-state index in [9.17, 15) is 0 Å². The van der Waals surface area contributed by atoms with Gasteiger partial charge in [0.15, 0.2) is 0 Å². The molecule has 3 N–H and O–H groups in total. The highest BCUT2D eigenvalue weighted by atomic mass is 15.2. The maximum atomic E-state index is 5.66. The lowest BCUT2D eigenvalue weighted by molar-refractivity contribution is 0.602. The Morgan fingerprint density at radius 2 is 2.47 bits per heavy atom. The topological polar surface area (TPSA) is 67.1 Å². The number of anilines is 2. The molecule has 1 saturated heterocycles. The molecule has 1 aromatic rings. The molecule has 0 spiro atoms. The highest BCUT2D eigenvalue weighted by Gasteiger charge is 2.22. The van der Waals surface area contributed by atoms with Crippen molar-refractivity contribution in [3.8, 4) is 0 Å². The van der Waals surface area contributed by atoms with Crippen molar-refractivity contribution >= 4 is 11.6 Å². The van der Waals surface area contributed by atoms with Crippen molar-refractivity contribution in [3.63, 3.8) is 0 Å². The van der Waals surface area contributed by atoms with Gasteiger partial charge in [-0.25, -0.2) is 9.97 Å². The lowest BCUT2D eigenvalue weighted by atomic mass is 10.1. The molecule has 1 unspecified atom stereocenters. The van der Waals surface area contributed by atoms with Crippen LogP contribution < -0.4 is 16.0 Å². The molecule has 1 aliphatic heterocycles. The van der Waals surface area contributed by atoms with E-state index in [1.165, 1.54) is 0 Å². The molecule has 0 bridgehead atoms. The van der Waals surface area contributed by atoms with Crippen LogP contribution in [-0.2, 0) is 0 Å². The third-order valence-electron chi connectivity index (χ3n) is 2.85. The van der Waals surface area contributed by atoms with Gasteiger partial charge in [-0.15, -0.1) is 0 Å². The van der Waals surface area contributed by atoms with Crippen LogP contribution >= 0.6 is 0 Å². The minimum Gasteiger partial charge on any atom is -0.373 e. The molecule has 5 nitrogen and oxygen atoms in total. The number of nitrogens with zero attached hydrogens (tertiary/aromatic N) is 3. The average Bonchev–Trinajstić information content (AvgIpc) is 2.78. The van der Waals surface area contributed by atoms with E-state index >= 15 is 0 Å². The summed E-state index contributed by atoms with van der Waals surface area (Å²) in [6, 6.07) is 1.97. The average molecular weight is 207 g/mol. The smallest absolute Gasteiger partial charge is 0.134 e. The standard InChI is InChI=1S/C10H17N5/c1-12-9-4-10(14-7-13-9)15-3-2-8(5-11)6-15/h4,7-8H,2-3,5-6,11H2,1H3,(H,12,13,14). The molecule has 15 heavy (non-hydrogen) atoms. The van der Waals surface area contributed by atoms with Crippen LogP contribution in [0.4, 0.5) is 11.6 Å². The molecular weight excluding hydrogens is 190 g/mol. The highest BCUT2D eigenvalue weighted by molar-refractivity contribution is 5.48. The minimum atomic E-state index is 0.609. The monoisotopic (exact) mass is 207 g/mol. The fourth-order valence-corrected chi connectivity index (χ4v) is 1.89. The highest BCUT2D eigenvalue weighted by Crippen LogP contribution is 2.22. The molecule has 1 atom stereocenters. The summed E-state index contributed by atoms with van der Waals surface area (Å²) < 4.78 is 0. The van der Waals surface area contributed by atoms with Crippen LogP contribution in [0.15, 0.2) is 12.4 Å². The molecule has 0 aromatic carbocycles. The quantitative estimate of drug-likeness (QED) is 0.746. The predicted octanol–water partition coefficient (Wildman–Crippen LogP) is 0.303. The molecule has 0 amide bonds. The first-order valence-corrected chi connectivity index (χ1v) is 5.28.